The van der Waals surface area contributed by atoms with Gasteiger partial charge in [-0.15, -0.1) is 0 Å². The Morgan fingerprint density at radius 2 is 2.11 bits per heavy atom. The van der Waals surface area contributed by atoms with Gasteiger partial charge in [0.25, 0.3) is 0 Å². The van der Waals surface area contributed by atoms with Gasteiger partial charge in [0.05, 0.1) is 12.7 Å². The van der Waals surface area contributed by atoms with Crippen LogP contribution in [0.4, 0.5) is 0 Å². The Morgan fingerprint density at radius 3 is 2.68 bits per heavy atom. The molecule has 19 heavy (non-hydrogen) atoms. The summed E-state index contributed by atoms with van der Waals surface area (Å²) in [7, 11) is 3.95. The van der Waals surface area contributed by atoms with Gasteiger partial charge in [0.1, 0.15) is 5.75 Å². The average molecular weight is 287 g/mol. The molecule has 0 amide bonds. The van der Waals surface area contributed by atoms with Gasteiger partial charge in [-0.2, -0.15) is 0 Å². The van der Waals surface area contributed by atoms with Crippen LogP contribution in [-0.4, -0.2) is 43.3 Å². The fraction of sp³-hybridized carbons (Fsp3) is 0.571. The van der Waals surface area contributed by atoms with Gasteiger partial charge in [-0.05, 0) is 52.2 Å². The molecule has 0 fully saturated rings. The molecule has 0 saturated carbocycles. The first-order valence-corrected chi connectivity index (χ1v) is 6.84. The molecule has 0 heterocycles. The molecule has 2 atom stereocenters. The largest absolute Gasteiger partial charge is 0.493 e. The van der Waals surface area contributed by atoms with E-state index in [9.17, 15) is 5.11 Å². The van der Waals surface area contributed by atoms with E-state index in [2.05, 4.69) is 0 Å². The first-order valence-electron chi connectivity index (χ1n) is 6.46. The first-order chi connectivity index (χ1) is 8.95. The molecule has 0 spiro atoms. The van der Waals surface area contributed by atoms with Crippen molar-refractivity contribution in [3.8, 4) is 5.75 Å². The van der Waals surface area contributed by atoms with Crippen molar-refractivity contribution in [2.75, 3.05) is 27.2 Å². The van der Waals surface area contributed by atoms with Crippen molar-refractivity contribution < 1.29 is 9.84 Å². The van der Waals surface area contributed by atoms with Crippen LogP contribution in [0, 0.1) is 0 Å². The monoisotopic (exact) mass is 286 g/mol. The van der Waals surface area contributed by atoms with Crippen molar-refractivity contribution in [1.82, 2.24) is 4.90 Å². The molecule has 1 aromatic carbocycles. The minimum atomic E-state index is -0.778. The summed E-state index contributed by atoms with van der Waals surface area (Å²) in [6, 6.07) is 4.88. The third-order valence-electron chi connectivity index (χ3n) is 2.91. The highest BCUT2D eigenvalue weighted by Gasteiger charge is 2.21. The molecule has 0 bridgehead atoms. The fourth-order valence-electron chi connectivity index (χ4n) is 1.83. The molecule has 0 saturated heterocycles. The predicted octanol–water partition coefficient (Wildman–Crippen LogP) is 2.05. The van der Waals surface area contributed by atoms with E-state index >= 15 is 0 Å². The number of hydrogen-bond donors (Lipinski definition) is 2. The van der Waals surface area contributed by atoms with Crippen LogP contribution in [-0.2, 0) is 0 Å². The normalized spacial score (nSPS) is 14.5. The van der Waals surface area contributed by atoms with Crippen LogP contribution in [0.1, 0.15) is 25.0 Å². The lowest BCUT2D eigenvalue weighted by Gasteiger charge is -2.23. The minimum absolute atomic E-state index is 0.347. The highest BCUT2D eigenvalue weighted by molar-refractivity contribution is 6.30. The second-order valence-corrected chi connectivity index (χ2v) is 5.25. The summed E-state index contributed by atoms with van der Waals surface area (Å²) in [6.07, 6.45) is -0.0770. The van der Waals surface area contributed by atoms with E-state index in [0.717, 1.165) is 6.54 Å². The third-order valence-corrected chi connectivity index (χ3v) is 3.14. The number of nitrogens with zero attached hydrogens (tertiary/aromatic N) is 1. The molecule has 0 aromatic heterocycles. The molecular formula is C14H23ClN2O2. The number of ether oxygens (including phenoxy) is 1. The fourth-order valence-corrected chi connectivity index (χ4v) is 2.01. The van der Waals surface area contributed by atoms with Crippen molar-refractivity contribution in [2.24, 2.45) is 5.73 Å². The smallest absolute Gasteiger partial charge is 0.125 e. The summed E-state index contributed by atoms with van der Waals surface area (Å²) < 4.78 is 5.50. The lowest BCUT2D eigenvalue weighted by molar-refractivity contribution is 0.133. The van der Waals surface area contributed by atoms with Gasteiger partial charge in [0, 0.05) is 16.6 Å². The second-order valence-electron chi connectivity index (χ2n) is 4.82. The van der Waals surface area contributed by atoms with Gasteiger partial charge >= 0.3 is 0 Å². The Hall–Kier alpha value is -0.810. The molecule has 4 nitrogen and oxygen atoms in total. The quantitative estimate of drug-likeness (QED) is 0.805. The zero-order valence-corrected chi connectivity index (χ0v) is 12.5. The predicted molar refractivity (Wildman–Crippen MR) is 78.7 cm³/mol. The van der Waals surface area contributed by atoms with Gasteiger partial charge in [0.15, 0.2) is 0 Å². The Bertz CT molecular complexity index is 399. The summed E-state index contributed by atoms with van der Waals surface area (Å²) in [5.74, 6) is 0.639. The van der Waals surface area contributed by atoms with Crippen molar-refractivity contribution in [2.45, 2.75) is 25.5 Å². The molecule has 0 aliphatic carbocycles. The summed E-state index contributed by atoms with van der Waals surface area (Å²) in [4.78, 5) is 2.04. The SMILES string of the molecule is CCOc1ccc(Cl)cc1C(O)C(N)CCN(C)C. The molecule has 0 aliphatic heterocycles. The van der Waals surface area contributed by atoms with Crippen LogP contribution in [0.25, 0.3) is 0 Å². The summed E-state index contributed by atoms with van der Waals surface area (Å²) in [5, 5.41) is 10.9. The second kappa shape index (κ2) is 7.70. The lowest BCUT2D eigenvalue weighted by atomic mass is 9.99. The molecule has 5 heteroatoms. The van der Waals surface area contributed by atoms with E-state index < -0.39 is 6.10 Å². The van der Waals surface area contributed by atoms with Gasteiger partial charge in [-0.3, -0.25) is 0 Å². The van der Waals surface area contributed by atoms with Crippen LogP contribution in [0.2, 0.25) is 5.02 Å². The van der Waals surface area contributed by atoms with Crippen molar-refractivity contribution in [3.63, 3.8) is 0 Å². The van der Waals surface area contributed by atoms with Crippen LogP contribution >= 0.6 is 11.6 Å². The van der Waals surface area contributed by atoms with E-state index in [1.807, 2.05) is 25.9 Å². The number of rotatable bonds is 7. The van der Waals surface area contributed by atoms with Gasteiger partial charge in [0.2, 0.25) is 0 Å². The van der Waals surface area contributed by atoms with Crippen LogP contribution in [0.5, 0.6) is 5.75 Å². The Labute approximate surface area is 120 Å². The standard InChI is InChI=1S/C14H23ClN2O2/c1-4-19-13-6-5-10(15)9-11(13)14(18)12(16)7-8-17(2)3/h5-6,9,12,14,18H,4,7-8,16H2,1-3H3. The Morgan fingerprint density at radius 1 is 1.42 bits per heavy atom. The molecule has 3 N–H and O–H groups in total. The van der Waals surface area contributed by atoms with E-state index in [-0.39, 0.29) is 6.04 Å². The highest BCUT2D eigenvalue weighted by atomic mass is 35.5. The Kier molecular flexibility index (Phi) is 6.58. The van der Waals surface area contributed by atoms with E-state index in [4.69, 9.17) is 22.1 Å². The van der Waals surface area contributed by atoms with E-state index in [1.54, 1.807) is 18.2 Å². The Balaban J connectivity index is 2.84. The average Bonchev–Trinajstić information content (AvgIpc) is 2.37. The lowest BCUT2D eigenvalue weighted by Crippen LogP contribution is -2.32. The van der Waals surface area contributed by atoms with E-state index in [1.165, 1.54) is 0 Å². The molecule has 1 aromatic rings. The van der Waals surface area contributed by atoms with Crippen molar-refractivity contribution >= 4 is 11.6 Å². The maximum Gasteiger partial charge on any atom is 0.125 e. The minimum Gasteiger partial charge on any atom is -0.493 e. The summed E-state index contributed by atoms with van der Waals surface area (Å²) in [5.41, 5.74) is 6.69. The highest BCUT2D eigenvalue weighted by Crippen LogP contribution is 2.30. The third kappa shape index (κ3) is 4.99. The van der Waals surface area contributed by atoms with Crippen molar-refractivity contribution in [3.05, 3.63) is 28.8 Å². The zero-order valence-electron chi connectivity index (χ0n) is 11.8. The first kappa shape index (κ1) is 16.2. The topological polar surface area (TPSA) is 58.7 Å². The summed E-state index contributed by atoms with van der Waals surface area (Å²) >= 11 is 5.98. The van der Waals surface area contributed by atoms with Gasteiger partial charge in [-0.1, -0.05) is 11.6 Å². The van der Waals surface area contributed by atoms with E-state index in [0.29, 0.717) is 29.4 Å². The molecule has 2 unspecified atom stereocenters. The molecule has 0 aliphatic rings. The number of halogens is 1. The zero-order chi connectivity index (χ0) is 14.4. The van der Waals surface area contributed by atoms with Gasteiger partial charge < -0.3 is 20.5 Å². The number of aliphatic hydroxyl groups excluding tert-OH is 1. The number of hydrogen-bond acceptors (Lipinski definition) is 4. The van der Waals surface area contributed by atoms with Crippen molar-refractivity contribution in [1.29, 1.82) is 0 Å². The summed E-state index contributed by atoms with van der Waals surface area (Å²) in [6.45, 7) is 3.26. The maximum absolute atomic E-state index is 10.4. The van der Waals surface area contributed by atoms with Crippen LogP contribution in [0.15, 0.2) is 18.2 Å². The maximum atomic E-state index is 10.4. The molecular weight excluding hydrogens is 264 g/mol. The number of nitrogens with two attached hydrogens (primary N) is 1. The van der Waals surface area contributed by atoms with Crippen LogP contribution in [0.3, 0.4) is 0 Å². The van der Waals surface area contributed by atoms with Crippen LogP contribution < -0.4 is 10.5 Å². The molecule has 1 rings (SSSR count). The van der Waals surface area contributed by atoms with Gasteiger partial charge in [-0.25, -0.2) is 0 Å². The molecule has 0 radical (unpaired) electrons. The number of aliphatic hydroxyl groups is 1. The molecule has 108 valence electrons. The number of benzene rings is 1.